The summed E-state index contributed by atoms with van der Waals surface area (Å²) in [6.45, 7) is 1.78. The fourth-order valence-electron chi connectivity index (χ4n) is 2.92. The topological polar surface area (TPSA) is 26.2 Å². The first-order valence-corrected chi connectivity index (χ1v) is 7.65. The lowest BCUT2D eigenvalue weighted by molar-refractivity contribution is 0.408. The summed E-state index contributed by atoms with van der Waals surface area (Å²) in [4.78, 5) is 0. The second kappa shape index (κ2) is 6.67. The van der Waals surface area contributed by atoms with Gasteiger partial charge in [-0.05, 0) is 30.7 Å². The van der Waals surface area contributed by atoms with Gasteiger partial charge in [0, 0.05) is 36.3 Å². The number of aryl methyl sites for hydroxylation is 1. The minimum atomic E-state index is 0.828. The minimum absolute atomic E-state index is 0.828. The molecule has 0 unspecified atom stereocenters. The van der Waals surface area contributed by atoms with Crippen LogP contribution in [0.1, 0.15) is 11.1 Å². The molecular formula is C19H22N2O. The Morgan fingerprint density at radius 3 is 2.64 bits per heavy atom. The van der Waals surface area contributed by atoms with Crippen LogP contribution in [-0.2, 0) is 20.0 Å². The quantitative estimate of drug-likeness (QED) is 0.704. The largest absolute Gasteiger partial charge is 0.496 e. The third-order valence-electron chi connectivity index (χ3n) is 4.06. The molecule has 3 nitrogen and oxygen atoms in total. The first kappa shape index (κ1) is 14.7. The number of nitrogens with one attached hydrogen (secondary N) is 1. The number of para-hydroxylation sites is 2. The molecule has 3 heteroatoms. The fourth-order valence-corrected chi connectivity index (χ4v) is 2.92. The average Bonchev–Trinajstić information content (AvgIpc) is 2.89. The number of fused-ring (bicyclic) bond motifs is 1. The number of hydrogen-bond donors (Lipinski definition) is 1. The third-order valence-corrected chi connectivity index (χ3v) is 4.06. The first-order chi connectivity index (χ1) is 10.8. The standard InChI is InChI=1S/C19H22N2O/c1-21-14-16(17-8-4-5-9-18(17)21)11-12-20-13-15-7-3-6-10-19(15)22-2/h3-10,14,20H,11-13H2,1-2H3. The lowest BCUT2D eigenvalue weighted by Gasteiger charge is -2.09. The fraction of sp³-hybridized carbons (Fsp3) is 0.263. The Labute approximate surface area is 131 Å². The van der Waals surface area contributed by atoms with E-state index in [0.29, 0.717) is 0 Å². The van der Waals surface area contributed by atoms with Crippen LogP contribution in [0.2, 0.25) is 0 Å². The molecular weight excluding hydrogens is 272 g/mol. The monoisotopic (exact) mass is 294 g/mol. The number of rotatable bonds is 6. The highest BCUT2D eigenvalue weighted by Crippen LogP contribution is 2.20. The lowest BCUT2D eigenvalue weighted by atomic mass is 10.1. The first-order valence-electron chi connectivity index (χ1n) is 7.65. The number of hydrogen-bond acceptors (Lipinski definition) is 2. The van der Waals surface area contributed by atoms with Crippen molar-refractivity contribution in [2.75, 3.05) is 13.7 Å². The molecule has 0 bridgehead atoms. The van der Waals surface area contributed by atoms with E-state index >= 15 is 0 Å². The predicted octanol–water partition coefficient (Wildman–Crippen LogP) is 3.52. The molecule has 3 rings (SSSR count). The van der Waals surface area contributed by atoms with Crippen LogP contribution in [0.5, 0.6) is 5.75 Å². The van der Waals surface area contributed by atoms with Crippen molar-refractivity contribution in [3.8, 4) is 5.75 Å². The molecule has 0 aliphatic rings. The van der Waals surface area contributed by atoms with E-state index in [1.54, 1.807) is 7.11 Å². The molecule has 0 aliphatic carbocycles. The van der Waals surface area contributed by atoms with Crippen molar-refractivity contribution >= 4 is 10.9 Å². The lowest BCUT2D eigenvalue weighted by Crippen LogP contribution is -2.17. The van der Waals surface area contributed by atoms with Crippen molar-refractivity contribution in [1.29, 1.82) is 0 Å². The maximum atomic E-state index is 5.38. The number of nitrogens with zero attached hydrogens (tertiary/aromatic N) is 1. The molecule has 0 saturated heterocycles. The van der Waals surface area contributed by atoms with Crippen LogP contribution in [0.3, 0.4) is 0 Å². The maximum Gasteiger partial charge on any atom is 0.123 e. The van der Waals surface area contributed by atoms with E-state index in [2.05, 4.69) is 53.5 Å². The van der Waals surface area contributed by atoms with Gasteiger partial charge in [0.15, 0.2) is 0 Å². The van der Waals surface area contributed by atoms with Crippen LogP contribution < -0.4 is 10.1 Å². The molecule has 0 radical (unpaired) electrons. The van der Waals surface area contributed by atoms with E-state index in [9.17, 15) is 0 Å². The van der Waals surface area contributed by atoms with Gasteiger partial charge in [0.2, 0.25) is 0 Å². The Hall–Kier alpha value is -2.26. The van der Waals surface area contributed by atoms with Crippen molar-refractivity contribution in [3.63, 3.8) is 0 Å². The molecule has 0 amide bonds. The van der Waals surface area contributed by atoms with E-state index in [1.807, 2.05) is 18.2 Å². The van der Waals surface area contributed by atoms with Gasteiger partial charge in [-0.2, -0.15) is 0 Å². The minimum Gasteiger partial charge on any atom is -0.496 e. The van der Waals surface area contributed by atoms with E-state index < -0.39 is 0 Å². The number of benzene rings is 2. The van der Waals surface area contributed by atoms with Crippen LogP contribution in [-0.4, -0.2) is 18.2 Å². The van der Waals surface area contributed by atoms with Gasteiger partial charge in [0.1, 0.15) is 5.75 Å². The zero-order valence-electron chi connectivity index (χ0n) is 13.2. The van der Waals surface area contributed by atoms with Gasteiger partial charge in [0.05, 0.1) is 7.11 Å². The second-order valence-electron chi connectivity index (χ2n) is 5.52. The Bertz CT molecular complexity index is 761. The number of ether oxygens (including phenoxy) is 1. The van der Waals surface area contributed by atoms with Crippen LogP contribution in [0, 0.1) is 0 Å². The summed E-state index contributed by atoms with van der Waals surface area (Å²) < 4.78 is 7.58. The summed E-state index contributed by atoms with van der Waals surface area (Å²) in [5.74, 6) is 0.945. The Morgan fingerprint density at radius 1 is 1.00 bits per heavy atom. The zero-order chi connectivity index (χ0) is 15.4. The molecule has 2 aromatic carbocycles. The second-order valence-corrected chi connectivity index (χ2v) is 5.52. The Kier molecular flexibility index (Phi) is 4.45. The van der Waals surface area contributed by atoms with Gasteiger partial charge in [-0.3, -0.25) is 0 Å². The summed E-state index contributed by atoms with van der Waals surface area (Å²) in [6.07, 6.45) is 3.26. The van der Waals surface area contributed by atoms with Gasteiger partial charge in [-0.15, -0.1) is 0 Å². The summed E-state index contributed by atoms with van der Waals surface area (Å²) in [5, 5.41) is 4.86. The normalized spacial score (nSPS) is 11.0. The molecule has 0 aliphatic heterocycles. The zero-order valence-corrected chi connectivity index (χ0v) is 13.2. The number of methoxy groups -OCH3 is 1. The maximum absolute atomic E-state index is 5.38. The molecule has 1 aromatic heterocycles. The smallest absolute Gasteiger partial charge is 0.123 e. The molecule has 22 heavy (non-hydrogen) atoms. The predicted molar refractivity (Wildman–Crippen MR) is 91.3 cm³/mol. The van der Waals surface area contributed by atoms with Crippen molar-refractivity contribution in [3.05, 3.63) is 65.9 Å². The van der Waals surface area contributed by atoms with E-state index in [-0.39, 0.29) is 0 Å². The van der Waals surface area contributed by atoms with Gasteiger partial charge in [-0.1, -0.05) is 36.4 Å². The van der Waals surface area contributed by atoms with Crippen molar-refractivity contribution in [2.45, 2.75) is 13.0 Å². The molecule has 0 fully saturated rings. The summed E-state index contributed by atoms with van der Waals surface area (Å²) in [5.41, 5.74) is 3.88. The molecule has 0 saturated carbocycles. The molecule has 1 N–H and O–H groups in total. The van der Waals surface area contributed by atoms with Crippen LogP contribution >= 0.6 is 0 Å². The van der Waals surface area contributed by atoms with Crippen LogP contribution in [0.15, 0.2) is 54.7 Å². The van der Waals surface area contributed by atoms with E-state index in [1.165, 1.54) is 22.0 Å². The Morgan fingerprint density at radius 2 is 1.77 bits per heavy atom. The Balaban J connectivity index is 1.61. The molecule has 114 valence electrons. The summed E-state index contributed by atoms with van der Waals surface area (Å²) in [6, 6.07) is 16.7. The molecule has 0 spiro atoms. The van der Waals surface area contributed by atoms with Crippen molar-refractivity contribution in [2.24, 2.45) is 7.05 Å². The molecule has 0 atom stereocenters. The molecule has 3 aromatic rings. The van der Waals surface area contributed by atoms with E-state index in [0.717, 1.165) is 25.3 Å². The SMILES string of the molecule is COc1ccccc1CNCCc1cn(C)c2ccccc12. The summed E-state index contributed by atoms with van der Waals surface area (Å²) >= 11 is 0. The van der Waals surface area contributed by atoms with Crippen LogP contribution in [0.25, 0.3) is 10.9 Å². The van der Waals surface area contributed by atoms with Gasteiger partial charge in [0.25, 0.3) is 0 Å². The van der Waals surface area contributed by atoms with Gasteiger partial charge >= 0.3 is 0 Å². The average molecular weight is 294 g/mol. The van der Waals surface area contributed by atoms with Crippen molar-refractivity contribution < 1.29 is 4.74 Å². The highest BCUT2D eigenvalue weighted by molar-refractivity contribution is 5.83. The van der Waals surface area contributed by atoms with Gasteiger partial charge < -0.3 is 14.6 Å². The van der Waals surface area contributed by atoms with Crippen LogP contribution in [0.4, 0.5) is 0 Å². The summed E-state index contributed by atoms with van der Waals surface area (Å²) in [7, 11) is 3.82. The van der Waals surface area contributed by atoms with Gasteiger partial charge in [-0.25, -0.2) is 0 Å². The molecule has 1 heterocycles. The number of aromatic nitrogens is 1. The van der Waals surface area contributed by atoms with Crippen molar-refractivity contribution in [1.82, 2.24) is 9.88 Å². The third kappa shape index (κ3) is 3.00. The highest BCUT2D eigenvalue weighted by atomic mass is 16.5. The highest BCUT2D eigenvalue weighted by Gasteiger charge is 2.06. The van der Waals surface area contributed by atoms with E-state index in [4.69, 9.17) is 4.74 Å².